The molecule has 1 N–H and O–H groups in total. The highest BCUT2D eigenvalue weighted by Crippen LogP contribution is 2.64. The lowest BCUT2D eigenvalue weighted by Gasteiger charge is -2.62. The number of aliphatic carboxylic acids is 1. The van der Waals surface area contributed by atoms with Crippen LogP contribution in [0.3, 0.4) is 0 Å². The van der Waals surface area contributed by atoms with Gasteiger partial charge in [-0.1, -0.05) is 12.1 Å². The molecule has 1 heterocycles. The molecule has 0 spiro atoms. The lowest BCUT2D eigenvalue weighted by molar-refractivity contribution is -0.155. The first kappa shape index (κ1) is 17.2. The molecule has 1 aromatic carbocycles. The van der Waals surface area contributed by atoms with E-state index < -0.39 is 11.9 Å². The first-order valence-corrected chi connectivity index (χ1v) is 10.2. The second-order valence-corrected chi connectivity index (χ2v) is 9.36. The third kappa shape index (κ3) is 2.61. The minimum Gasteiger partial charge on any atom is -0.481 e. The molecule has 5 aliphatic rings. The zero-order valence-electron chi connectivity index (χ0n) is 15.4. The topological polar surface area (TPSA) is 57.6 Å². The molecule has 5 heteroatoms. The lowest BCUT2D eigenvalue weighted by atomic mass is 9.43. The Bertz CT molecular complexity index is 740. The SMILES string of the molecule is O=C(O)C1CN(C(=O)CC2(c3ccc(F)cc3)C3CC4CC(C3)CC2C4)C1. The van der Waals surface area contributed by atoms with Gasteiger partial charge in [0, 0.05) is 24.9 Å². The van der Waals surface area contributed by atoms with Crippen molar-refractivity contribution in [1.82, 2.24) is 4.90 Å². The van der Waals surface area contributed by atoms with Crippen LogP contribution in [-0.4, -0.2) is 35.0 Å². The van der Waals surface area contributed by atoms with Crippen molar-refractivity contribution in [2.75, 3.05) is 13.1 Å². The smallest absolute Gasteiger partial charge is 0.310 e. The van der Waals surface area contributed by atoms with Gasteiger partial charge >= 0.3 is 5.97 Å². The summed E-state index contributed by atoms with van der Waals surface area (Å²) < 4.78 is 13.6. The average Bonchev–Trinajstić information content (AvgIpc) is 2.56. The van der Waals surface area contributed by atoms with Crippen LogP contribution >= 0.6 is 0 Å². The van der Waals surface area contributed by atoms with Crippen LogP contribution in [0.1, 0.15) is 44.1 Å². The van der Waals surface area contributed by atoms with E-state index >= 15 is 0 Å². The van der Waals surface area contributed by atoms with E-state index in [1.807, 2.05) is 12.1 Å². The van der Waals surface area contributed by atoms with E-state index in [0.717, 1.165) is 17.4 Å². The number of carbonyl (C=O) groups excluding carboxylic acids is 1. The fourth-order valence-corrected chi connectivity index (χ4v) is 6.85. The number of benzene rings is 1. The molecule has 0 radical (unpaired) electrons. The molecule has 6 rings (SSSR count). The van der Waals surface area contributed by atoms with Crippen molar-refractivity contribution < 1.29 is 19.1 Å². The summed E-state index contributed by atoms with van der Waals surface area (Å²) in [6.45, 7) is 0.655. The monoisotopic (exact) mass is 371 g/mol. The van der Waals surface area contributed by atoms with Gasteiger partial charge in [0.05, 0.1) is 5.92 Å². The van der Waals surface area contributed by atoms with Crippen LogP contribution in [-0.2, 0) is 15.0 Å². The molecule has 0 aromatic heterocycles. The van der Waals surface area contributed by atoms with Gasteiger partial charge in [0.2, 0.25) is 5.91 Å². The number of carboxylic acid groups (broad SMARTS) is 1. The molecule has 4 saturated carbocycles. The number of hydrogen-bond donors (Lipinski definition) is 1. The van der Waals surface area contributed by atoms with Crippen LogP contribution < -0.4 is 0 Å². The Morgan fingerprint density at radius 3 is 2.07 bits per heavy atom. The summed E-state index contributed by atoms with van der Waals surface area (Å²) in [6.07, 6.45) is 6.49. The van der Waals surface area contributed by atoms with Crippen LogP contribution in [0.15, 0.2) is 24.3 Å². The van der Waals surface area contributed by atoms with Gasteiger partial charge < -0.3 is 10.0 Å². The highest BCUT2D eigenvalue weighted by atomic mass is 19.1. The zero-order chi connectivity index (χ0) is 18.8. The van der Waals surface area contributed by atoms with Crippen LogP contribution in [0.4, 0.5) is 4.39 Å². The third-order valence-corrected chi connectivity index (χ3v) is 8.00. The van der Waals surface area contributed by atoms with Crippen LogP contribution in [0, 0.1) is 35.4 Å². The summed E-state index contributed by atoms with van der Waals surface area (Å²) >= 11 is 0. The molecule has 1 saturated heterocycles. The van der Waals surface area contributed by atoms with Gasteiger partial charge in [-0.2, -0.15) is 0 Å². The predicted octanol–water partition coefficient (Wildman–Crippen LogP) is 3.45. The lowest BCUT2D eigenvalue weighted by Crippen LogP contribution is -2.59. The second-order valence-electron chi connectivity index (χ2n) is 9.36. The maximum Gasteiger partial charge on any atom is 0.310 e. The molecule has 1 aromatic rings. The minimum absolute atomic E-state index is 0.0734. The Morgan fingerprint density at radius 2 is 1.56 bits per heavy atom. The van der Waals surface area contributed by atoms with E-state index in [9.17, 15) is 14.0 Å². The first-order valence-electron chi connectivity index (χ1n) is 10.2. The van der Waals surface area contributed by atoms with Gasteiger partial charge in [-0.05, 0) is 73.5 Å². The molecule has 0 unspecified atom stereocenters. The summed E-state index contributed by atoms with van der Waals surface area (Å²) in [4.78, 5) is 25.9. The predicted molar refractivity (Wildman–Crippen MR) is 97.4 cm³/mol. The number of amides is 1. The number of halogens is 1. The molecule has 1 amide bonds. The van der Waals surface area contributed by atoms with Crippen molar-refractivity contribution >= 4 is 11.9 Å². The van der Waals surface area contributed by atoms with Gasteiger partial charge in [-0.25, -0.2) is 4.39 Å². The number of likely N-dealkylation sites (tertiary alicyclic amines) is 1. The van der Waals surface area contributed by atoms with Crippen molar-refractivity contribution in [2.24, 2.45) is 29.6 Å². The Balaban J connectivity index is 1.46. The van der Waals surface area contributed by atoms with Crippen molar-refractivity contribution in [1.29, 1.82) is 0 Å². The van der Waals surface area contributed by atoms with Gasteiger partial charge in [0.1, 0.15) is 5.82 Å². The van der Waals surface area contributed by atoms with Gasteiger partial charge in [0.25, 0.3) is 0 Å². The Labute approximate surface area is 158 Å². The molecule has 4 nitrogen and oxygen atoms in total. The fraction of sp³-hybridized carbons (Fsp3) is 0.636. The number of carbonyl (C=O) groups is 2. The summed E-state index contributed by atoms with van der Waals surface area (Å²) in [5.74, 6) is 1.14. The molecular weight excluding hydrogens is 345 g/mol. The fourth-order valence-electron chi connectivity index (χ4n) is 6.85. The molecule has 144 valence electrons. The Hall–Kier alpha value is -1.91. The van der Waals surface area contributed by atoms with Crippen molar-refractivity contribution in [2.45, 2.75) is 43.9 Å². The molecule has 4 aliphatic carbocycles. The minimum atomic E-state index is -0.818. The summed E-state index contributed by atoms with van der Waals surface area (Å²) in [6, 6.07) is 6.83. The Morgan fingerprint density at radius 1 is 1.00 bits per heavy atom. The number of rotatable bonds is 4. The molecule has 1 aliphatic heterocycles. The maximum atomic E-state index is 13.6. The van der Waals surface area contributed by atoms with E-state index in [1.165, 1.54) is 44.2 Å². The molecule has 27 heavy (non-hydrogen) atoms. The van der Waals surface area contributed by atoms with Gasteiger partial charge in [0.15, 0.2) is 0 Å². The first-order chi connectivity index (χ1) is 13.0. The molecule has 0 atom stereocenters. The van der Waals surface area contributed by atoms with E-state index in [1.54, 1.807) is 4.90 Å². The summed E-state index contributed by atoms with van der Waals surface area (Å²) in [5, 5.41) is 9.10. The molecule has 4 bridgehead atoms. The highest BCUT2D eigenvalue weighted by molar-refractivity contribution is 5.82. The number of carboxylic acids is 1. The van der Waals surface area contributed by atoms with Crippen molar-refractivity contribution in [3.05, 3.63) is 35.6 Å². The van der Waals surface area contributed by atoms with E-state index in [-0.39, 0.29) is 17.1 Å². The summed E-state index contributed by atoms with van der Waals surface area (Å²) in [5.41, 5.74) is 0.910. The summed E-state index contributed by atoms with van der Waals surface area (Å²) in [7, 11) is 0. The standard InChI is InChI=1S/C22H26FNO3/c23-19-3-1-16(2-4-19)22(10-20(25)24-11-15(12-24)21(26)27)17-6-13-5-14(8-17)9-18(22)7-13/h1-4,13-15,17-18H,5-12H2,(H,26,27). The number of nitrogens with zero attached hydrogens (tertiary/aromatic N) is 1. The normalized spacial score (nSPS) is 37.3. The molecule has 5 fully saturated rings. The zero-order valence-corrected chi connectivity index (χ0v) is 15.4. The Kier molecular flexibility index (Phi) is 3.85. The highest BCUT2D eigenvalue weighted by Gasteiger charge is 2.58. The second kappa shape index (κ2) is 6.05. The van der Waals surface area contributed by atoms with E-state index in [2.05, 4.69) is 0 Å². The number of hydrogen-bond acceptors (Lipinski definition) is 2. The van der Waals surface area contributed by atoms with Gasteiger partial charge in [-0.3, -0.25) is 9.59 Å². The average molecular weight is 371 g/mol. The largest absolute Gasteiger partial charge is 0.481 e. The maximum absolute atomic E-state index is 13.6. The van der Waals surface area contributed by atoms with Crippen molar-refractivity contribution in [3.63, 3.8) is 0 Å². The quantitative estimate of drug-likeness (QED) is 0.882. The van der Waals surface area contributed by atoms with Crippen molar-refractivity contribution in [3.8, 4) is 0 Å². The van der Waals surface area contributed by atoms with E-state index in [0.29, 0.717) is 31.3 Å². The van der Waals surface area contributed by atoms with Crippen LogP contribution in [0.25, 0.3) is 0 Å². The van der Waals surface area contributed by atoms with E-state index in [4.69, 9.17) is 5.11 Å². The van der Waals surface area contributed by atoms with Gasteiger partial charge in [-0.15, -0.1) is 0 Å². The van der Waals surface area contributed by atoms with Crippen LogP contribution in [0.5, 0.6) is 0 Å². The van der Waals surface area contributed by atoms with Crippen LogP contribution in [0.2, 0.25) is 0 Å². The third-order valence-electron chi connectivity index (χ3n) is 8.00. The molecular formula is C22H26FNO3.